The van der Waals surface area contributed by atoms with Crippen LogP contribution in [0.5, 0.6) is 0 Å². The molecule has 0 N–H and O–H groups in total. The van der Waals surface area contributed by atoms with Crippen molar-refractivity contribution in [3.63, 3.8) is 0 Å². The molecule has 58 heavy (non-hydrogen) atoms. The second kappa shape index (κ2) is 12.1. The minimum Gasteiger partial charge on any atom is -0.455 e. The van der Waals surface area contributed by atoms with Crippen molar-refractivity contribution in [3.8, 4) is 33.4 Å². The molecule has 0 aliphatic rings. The molecule has 0 unspecified atom stereocenters. The molecular formula is C56H32OS. The fourth-order valence-electron chi connectivity index (χ4n) is 9.70. The van der Waals surface area contributed by atoms with Crippen molar-refractivity contribution in [1.29, 1.82) is 0 Å². The molecule has 11 aromatic carbocycles. The Labute approximate surface area is 337 Å². The Bertz CT molecular complexity index is 3800. The first-order valence-corrected chi connectivity index (χ1v) is 20.7. The lowest BCUT2D eigenvalue weighted by atomic mass is 9.84. The van der Waals surface area contributed by atoms with Crippen molar-refractivity contribution in [1.82, 2.24) is 0 Å². The molecule has 2 heteroatoms. The molecule has 1 nitrogen and oxygen atoms in total. The Hall–Kier alpha value is -7.26. The van der Waals surface area contributed by atoms with Crippen LogP contribution in [-0.4, -0.2) is 0 Å². The summed E-state index contributed by atoms with van der Waals surface area (Å²) in [6.07, 6.45) is 0. The second-order valence-electron chi connectivity index (χ2n) is 15.6. The molecule has 268 valence electrons. The number of fused-ring (bicyclic) bond motifs is 12. The van der Waals surface area contributed by atoms with Gasteiger partial charge in [-0.05, 0) is 124 Å². The van der Waals surface area contributed by atoms with Gasteiger partial charge in [0.2, 0.25) is 0 Å². The molecule has 13 rings (SSSR count). The molecule has 2 aromatic heterocycles. The zero-order chi connectivity index (χ0) is 37.9. The number of rotatable bonds is 3. The Morgan fingerprint density at radius 2 is 0.862 bits per heavy atom. The fraction of sp³-hybridized carbons (Fsp3) is 0. The van der Waals surface area contributed by atoms with Crippen molar-refractivity contribution in [3.05, 3.63) is 194 Å². The predicted molar refractivity (Wildman–Crippen MR) is 250 cm³/mol. The van der Waals surface area contributed by atoms with Gasteiger partial charge >= 0.3 is 0 Å². The molecule has 0 saturated heterocycles. The van der Waals surface area contributed by atoms with Gasteiger partial charge in [0.25, 0.3) is 0 Å². The standard InChI is InChI=1S/C56H32OS/c1-2-12-36-31-51-49(29-35(36)11-1)47-26-22-34-20-21-37(28-48(34)56(47)57-51)38-24-27-52-50(30-38)41-25-23-39(32-53(41)58-52)54-43-15-5-7-17-45(43)55(46-18-8-6-16-44(46)54)42-19-9-13-33-10-3-4-14-40(33)42/h1-32H. The van der Waals surface area contributed by atoms with E-state index in [0.29, 0.717) is 0 Å². The normalized spacial score (nSPS) is 12.1. The monoisotopic (exact) mass is 752 g/mol. The summed E-state index contributed by atoms with van der Waals surface area (Å²) in [5.74, 6) is 0. The minimum atomic E-state index is 0.930. The summed E-state index contributed by atoms with van der Waals surface area (Å²) >= 11 is 1.88. The molecule has 2 heterocycles. The van der Waals surface area contributed by atoms with Gasteiger partial charge in [-0.25, -0.2) is 0 Å². The second-order valence-corrected chi connectivity index (χ2v) is 16.7. The Morgan fingerprint density at radius 3 is 1.64 bits per heavy atom. The molecule has 0 aliphatic carbocycles. The number of furan rings is 1. The van der Waals surface area contributed by atoms with Crippen LogP contribution in [0.1, 0.15) is 0 Å². The lowest BCUT2D eigenvalue weighted by molar-refractivity contribution is 0.673. The van der Waals surface area contributed by atoms with E-state index >= 15 is 0 Å². The van der Waals surface area contributed by atoms with Gasteiger partial charge in [-0.3, -0.25) is 0 Å². The van der Waals surface area contributed by atoms with Crippen molar-refractivity contribution in [2.45, 2.75) is 0 Å². The third-order valence-corrected chi connectivity index (χ3v) is 13.5. The van der Waals surface area contributed by atoms with Crippen LogP contribution < -0.4 is 0 Å². The van der Waals surface area contributed by atoms with Gasteiger partial charge in [-0.1, -0.05) is 152 Å². The van der Waals surface area contributed by atoms with Gasteiger partial charge in [0.05, 0.1) is 0 Å². The third-order valence-electron chi connectivity index (χ3n) is 12.4. The zero-order valence-electron chi connectivity index (χ0n) is 31.3. The van der Waals surface area contributed by atoms with E-state index in [0.717, 1.165) is 27.3 Å². The van der Waals surface area contributed by atoms with Crippen LogP contribution in [0.25, 0.3) is 129 Å². The summed E-state index contributed by atoms with van der Waals surface area (Å²) in [6, 6.07) is 71.6. The number of thiophene rings is 1. The Balaban J connectivity index is 0.962. The first-order valence-electron chi connectivity index (χ1n) is 19.9. The van der Waals surface area contributed by atoms with Gasteiger partial charge in [0.15, 0.2) is 0 Å². The highest BCUT2D eigenvalue weighted by Crippen LogP contribution is 2.47. The summed E-state index contributed by atoms with van der Waals surface area (Å²) in [6.45, 7) is 0. The van der Waals surface area contributed by atoms with Crippen LogP contribution in [0.15, 0.2) is 199 Å². The summed E-state index contributed by atoms with van der Waals surface area (Å²) in [5.41, 5.74) is 9.37. The first kappa shape index (κ1) is 31.9. The van der Waals surface area contributed by atoms with E-state index in [2.05, 4.69) is 194 Å². The highest BCUT2D eigenvalue weighted by atomic mass is 32.1. The maximum absolute atomic E-state index is 6.63. The first-order chi connectivity index (χ1) is 28.7. The number of hydrogen-bond acceptors (Lipinski definition) is 2. The average molecular weight is 753 g/mol. The third kappa shape index (κ3) is 4.64. The molecular weight excluding hydrogens is 721 g/mol. The highest BCUT2D eigenvalue weighted by molar-refractivity contribution is 7.25. The van der Waals surface area contributed by atoms with Gasteiger partial charge in [-0.2, -0.15) is 0 Å². The lowest BCUT2D eigenvalue weighted by Crippen LogP contribution is -1.91. The van der Waals surface area contributed by atoms with Crippen LogP contribution in [-0.2, 0) is 0 Å². The van der Waals surface area contributed by atoms with Crippen LogP contribution >= 0.6 is 11.3 Å². The Morgan fingerprint density at radius 1 is 0.293 bits per heavy atom. The van der Waals surface area contributed by atoms with Gasteiger partial charge in [0, 0.05) is 36.3 Å². The topological polar surface area (TPSA) is 13.1 Å². The maximum atomic E-state index is 6.63. The largest absolute Gasteiger partial charge is 0.455 e. The molecule has 0 amide bonds. The quantitative estimate of drug-likeness (QED) is 0.164. The van der Waals surface area contributed by atoms with Gasteiger partial charge in [0.1, 0.15) is 11.2 Å². The molecule has 0 saturated carbocycles. The predicted octanol–water partition coefficient (Wildman–Crippen LogP) is 16.7. The maximum Gasteiger partial charge on any atom is 0.143 e. The van der Waals surface area contributed by atoms with Gasteiger partial charge in [-0.15, -0.1) is 11.3 Å². The minimum absolute atomic E-state index is 0.930. The summed E-state index contributed by atoms with van der Waals surface area (Å²) in [4.78, 5) is 0. The summed E-state index contributed by atoms with van der Waals surface area (Å²) in [5, 5.41) is 17.3. The molecule has 0 aliphatic heterocycles. The molecule has 0 atom stereocenters. The van der Waals surface area contributed by atoms with Crippen LogP contribution in [0, 0.1) is 0 Å². The Kier molecular flexibility index (Phi) is 6.66. The average Bonchev–Trinajstić information content (AvgIpc) is 3.84. The van der Waals surface area contributed by atoms with E-state index in [9.17, 15) is 0 Å². The van der Waals surface area contributed by atoms with Crippen molar-refractivity contribution in [2.24, 2.45) is 0 Å². The fourth-order valence-corrected chi connectivity index (χ4v) is 10.8. The van der Waals surface area contributed by atoms with E-state index in [1.54, 1.807) is 0 Å². The van der Waals surface area contributed by atoms with Crippen LogP contribution in [0.3, 0.4) is 0 Å². The van der Waals surface area contributed by atoms with Crippen molar-refractivity contribution in [2.75, 3.05) is 0 Å². The lowest BCUT2D eigenvalue weighted by Gasteiger charge is -2.18. The SMILES string of the molecule is c1ccc2cc3c(cc2c1)oc1c2cc(-c4ccc5sc6cc(-c7c8ccccc8c(-c8cccc9ccccc89)c8ccccc78)ccc6c5c4)ccc2ccc31. The van der Waals surface area contributed by atoms with E-state index in [1.807, 2.05) is 11.3 Å². The smallest absolute Gasteiger partial charge is 0.143 e. The molecule has 0 bridgehead atoms. The molecule has 0 spiro atoms. The highest BCUT2D eigenvalue weighted by Gasteiger charge is 2.19. The van der Waals surface area contributed by atoms with Crippen LogP contribution in [0.4, 0.5) is 0 Å². The van der Waals surface area contributed by atoms with E-state index < -0.39 is 0 Å². The molecule has 0 radical (unpaired) electrons. The van der Waals surface area contributed by atoms with Gasteiger partial charge < -0.3 is 4.42 Å². The van der Waals surface area contributed by atoms with E-state index in [4.69, 9.17) is 4.42 Å². The number of hydrogen-bond donors (Lipinski definition) is 0. The zero-order valence-corrected chi connectivity index (χ0v) is 32.1. The number of benzene rings is 11. The van der Waals surface area contributed by atoms with Crippen molar-refractivity contribution >= 4 is 107 Å². The van der Waals surface area contributed by atoms with E-state index in [-0.39, 0.29) is 0 Å². The van der Waals surface area contributed by atoms with Crippen molar-refractivity contribution < 1.29 is 4.42 Å². The van der Waals surface area contributed by atoms with E-state index in [1.165, 1.54) is 102 Å². The molecule has 0 fully saturated rings. The summed E-state index contributed by atoms with van der Waals surface area (Å²) < 4.78 is 9.22. The summed E-state index contributed by atoms with van der Waals surface area (Å²) in [7, 11) is 0. The van der Waals surface area contributed by atoms with Crippen LogP contribution in [0.2, 0.25) is 0 Å². The molecule has 13 aromatic rings.